The Morgan fingerprint density at radius 3 is 2.77 bits per heavy atom. The number of ether oxygens (including phenoxy) is 1. The number of carboxylic acid groups (broad SMARTS) is 1. The summed E-state index contributed by atoms with van der Waals surface area (Å²) >= 11 is 0. The molecule has 158 valence electrons. The molecule has 0 saturated carbocycles. The smallest absolute Gasteiger partial charge is 0.303 e. The number of hydrogen-bond acceptors (Lipinski definition) is 6. The summed E-state index contributed by atoms with van der Waals surface area (Å²) in [7, 11) is 0. The van der Waals surface area contributed by atoms with Crippen molar-refractivity contribution in [1.82, 2.24) is 10.2 Å². The lowest BCUT2D eigenvalue weighted by atomic mass is 9.76. The molecule has 3 amide bonds. The third-order valence-corrected chi connectivity index (χ3v) is 6.79. The molecule has 4 aliphatic rings. The SMILES string of the molecule is O=C(O)CC[C@@H]1N[C@]2(C(=O)Nc3ccccc32)[C@@H]2C(=O)N(C[C@H]3CCCO3)C(=O)[C@@H]12. The number of carboxylic acids is 1. The van der Waals surface area contributed by atoms with Crippen molar-refractivity contribution >= 4 is 29.4 Å². The second-order valence-electron chi connectivity index (χ2n) is 8.42. The molecule has 0 bridgehead atoms. The van der Waals surface area contributed by atoms with E-state index >= 15 is 0 Å². The number of aliphatic carboxylic acids is 1. The Labute approximate surface area is 172 Å². The number of nitrogens with zero attached hydrogens (tertiary/aromatic N) is 1. The Hall–Kier alpha value is -2.78. The maximum atomic E-state index is 13.5. The molecule has 5 atom stereocenters. The van der Waals surface area contributed by atoms with Crippen LogP contribution in [0, 0.1) is 11.8 Å². The van der Waals surface area contributed by atoms with Crippen LogP contribution in [0.4, 0.5) is 5.69 Å². The van der Waals surface area contributed by atoms with E-state index in [0.29, 0.717) is 17.9 Å². The number of imide groups is 1. The molecule has 1 spiro atoms. The van der Waals surface area contributed by atoms with Crippen LogP contribution in [0.3, 0.4) is 0 Å². The van der Waals surface area contributed by atoms with Gasteiger partial charge in [0.1, 0.15) is 5.54 Å². The lowest BCUT2D eigenvalue weighted by molar-refractivity contribution is -0.144. The van der Waals surface area contributed by atoms with Gasteiger partial charge in [0, 0.05) is 30.3 Å². The van der Waals surface area contributed by atoms with Gasteiger partial charge in [-0.25, -0.2) is 0 Å². The summed E-state index contributed by atoms with van der Waals surface area (Å²) in [6, 6.07) is 6.52. The summed E-state index contributed by atoms with van der Waals surface area (Å²) in [6.45, 7) is 0.784. The second kappa shape index (κ2) is 6.88. The number of rotatable bonds is 5. The van der Waals surface area contributed by atoms with Crippen LogP contribution < -0.4 is 10.6 Å². The maximum absolute atomic E-state index is 13.5. The number of benzene rings is 1. The molecular formula is C21H23N3O6. The fraction of sp³-hybridized carbons (Fsp3) is 0.524. The van der Waals surface area contributed by atoms with Gasteiger partial charge in [0.2, 0.25) is 17.7 Å². The molecule has 1 aromatic carbocycles. The van der Waals surface area contributed by atoms with Crippen molar-refractivity contribution < 1.29 is 29.0 Å². The molecule has 5 rings (SSSR count). The second-order valence-corrected chi connectivity index (χ2v) is 8.42. The van der Waals surface area contributed by atoms with Gasteiger partial charge in [-0.05, 0) is 25.3 Å². The number of likely N-dealkylation sites (tertiary alicyclic amines) is 1. The van der Waals surface area contributed by atoms with E-state index in [1.807, 2.05) is 0 Å². The van der Waals surface area contributed by atoms with Gasteiger partial charge >= 0.3 is 5.97 Å². The van der Waals surface area contributed by atoms with Crippen molar-refractivity contribution in [2.45, 2.75) is 43.4 Å². The zero-order valence-corrected chi connectivity index (χ0v) is 16.3. The molecule has 0 aliphatic carbocycles. The molecule has 3 fully saturated rings. The summed E-state index contributed by atoms with van der Waals surface area (Å²) in [6.07, 6.45) is 1.47. The summed E-state index contributed by atoms with van der Waals surface area (Å²) in [5, 5.41) is 15.2. The molecule has 3 saturated heterocycles. The van der Waals surface area contributed by atoms with Crippen LogP contribution in [-0.2, 0) is 29.5 Å². The average Bonchev–Trinajstić information content (AvgIpc) is 3.46. The molecular weight excluding hydrogens is 390 g/mol. The van der Waals surface area contributed by atoms with Gasteiger partial charge in [0.25, 0.3) is 0 Å². The van der Waals surface area contributed by atoms with E-state index < -0.39 is 35.3 Å². The van der Waals surface area contributed by atoms with Crippen LogP contribution in [0.15, 0.2) is 24.3 Å². The molecule has 4 aliphatic heterocycles. The van der Waals surface area contributed by atoms with Crippen LogP contribution in [0.5, 0.6) is 0 Å². The maximum Gasteiger partial charge on any atom is 0.303 e. The highest BCUT2D eigenvalue weighted by Crippen LogP contribution is 2.53. The number of para-hydroxylation sites is 1. The Balaban J connectivity index is 1.55. The van der Waals surface area contributed by atoms with Crippen LogP contribution in [0.1, 0.15) is 31.2 Å². The van der Waals surface area contributed by atoms with Gasteiger partial charge < -0.3 is 15.2 Å². The van der Waals surface area contributed by atoms with E-state index in [1.54, 1.807) is 24.3 Å². The zero-order chi connectivity index (χ0) is 21.0. The molecule has 30 heavy (non-hydrogen) atoms. The molecule has 0 aromatic heterocycles. The van der Waals surface area contributed by atoms with Crippen molar-refractivity contribution in [3.63, 3.8) is 0 Å². The lowest BCUT2D eigenvalue weighted by Crippen LogP contribution is -2.53. The minimum absolute atomic E-state index is 0.153. The van der Waals surface area contributed by atoms with Crippen molar-refractivity contribution in [2.24, 2.45) is 11.8 Å². The summed E-state index contributed by atoms with van der Waals surface area (Å²) < 4.78 is 5.62. The van der Waals surface area contributed by atoms with Crippen LogP contribution >= 0.6 is 0 Å². The third-order valence-electron chi connectivity index (χ3n) is 6.79. The summed E-state index contributed by atoms with van der Waals surface area (Å²) in [5.74, 6) is -3.80. The van der Waals surface area contributed by atoms with E-state index in [9.17, 15) is 19.2 Å². The van der Waals surface area contributed by atoms with E-state index in [-0.39, 0.29) is 37.3 Å². The molecule has 0 unspecified atom stereocenters. The average molecular weight is 413 g/mol. The van der Waals surface area contributed by atoms with Crippen molar-refractivity contribution in [2.75, 3.05) is 18.5 Å². The molecule has 1 aromatic rings. The summed E-state index contributed by atoms with van der Waals surface area (Å²) in [4.78, 5) is 52.4. The van der Waals surface area contributed by atoms with Gasteiger partial charge in [0.15, 0.2) is 0 Å². The van der Waals surface area contributed by atoms with E-state index in [1.165, 1.54) is 4.90 Å². The number of fused-ring (bicyclic) bond motifs is 4. The number of hydrogen-bond donors (Lipinski definition) is 3. The highest BCUT2D eigenvalue weighted by molar-refractivity contribution is 6.15. The summed E-state index contributed by atoms with van der Waals surface area (Å²) in [5.41, 5.74) is -0.143. The molecule has 4 heterocycles. The lowest BCUT2D eigenvalue weighted by Gasteiger charge is -2.30. The fourth-order valence-electron chi connectivity index (χ4n) is 5.52. The van der Waals surface area contributed by atoms with E-state index in [4.69, 9.17) is 9.84 Å². The van der Waals surface area contributed by atoms with Crippen molar-refractivity contribution in [3.8, 4) is 0 Å². The van der Waals surface area contributed by atoms with Gasteiger partial charge in [0.05, 0.1) is 24.5 Å². The van der Waals surface area contributed by atoms with Crippen LogP contribution in [0.25, 0.3) is 0 Å². The van der Waals surface area contributed by atoms with Gasteiger partial charge in [-0.3, -0.25) is 29.4 Å². The highest BCUT2D eigenvalue weighted by atomic mass is 16.5. The largest absolute Gasteiger partial charge is 0.481 e. The first-order valence-corrected chi connectivity index (χ1v) is 10.3. The Morgan fingerprint density at radius 2 is 2.03 bits per heavy atom. The van der Waals surface area contributed by atoms with Crippen LogP contribution in [-0.4, -0.2) is 59.0 Å². The number of carbonyl (C=O) groups is 4. The predicted octanol–water partition coefficient (Wildman–Crippen LogP) is 0.451. The number of amides is 3. The first-order valence-electron chi connectivity index (χ1n) is 10.3. The first-order chi connectivity index (χ1) is 14.4. The number of carbonyl (C=O) groups excluding carboxylic acids is 3. The molecule has 9 nitrogen and oxygen atoms in total. The van der Waals surface area contributed by atoms with E-state index in [0.717, 1.165) is 12.8 Å². The predicted molar refractivity (Wildman–Crippen MR) is 103 cm³/mol. The molecule has 9 heteroatoms. The molecule has 0 radical (unpaired) electrons. The minimum Gasteiger partial charge on any atom is -0.481 e. The first kappa shape index (κ1) is 19.2. The monoisotopic (exact) mass is 413 g/mol. The van der Waals surface area contributed by atoms with Gasteiger partial charge in [-0.2, -0.15) is 0 Å². The quantitative estimate of drug-likeness (QED) is 0.599. The Bertz CT molecular complexity index is 942. The topological polar surface area (TPSA) is 125 Å². The van der Waals surface area contributed by atoms with Crippen molar-refractivity contribution in [3.05, 3.63) is 29.8 Å². The highest BCUT2D eigenvalue weighted by Gasteiger charge is 2.70. The Morgan fingerprint density at radius 1 is 1.23 bits per heavy atom. The zero-order valence-electron chi connectivity index (χ0n) is 16.3. The number of anilines is 1. The standard InChI is InChI=1S/C21H23N3O6/c25-15(26)8-7-14-16-17(19(28)24(18(16)27)10-11-4-3-9-30-11)21(23-14)12-5-1-2-6-13(12)22-20(21)29/h1-2,5-6,11,14,16-17,23H,3-4,7-10H2,(H,22,29)(H,25,26)/t11-,14+,16+,17+,21+/m1/s1. The van der Waals surface area contributed by atoms with Gasteiger partial charge in [-0.1, -0.05) is 18.2 Å². The fourth-order valence-corrected chi connectivity index (χ4v) is 5.52. The van der Waals surface area contributed by atoms with Crippen molar-refractivity contribution in [1.29, 1.82) is 0 Å². The van der Waals surface area contributed by atoms with E-state index in [2.05, 4.69) is 10.6 Å². The van der Waals surface area contributed by atoms with Crippen LogP contribution in [0.2, 0.25) is 0 Å². The number of nitrogens with one attached hydrogen (secondary N) is 2. The Kier molecular flexibility index (Phi) is 4.41. The minimum atomic E-state index is -1.37. The normalized spacial score (nSPS) is 34.5. The molecule has 3 N–H and O–H groups in total. The third kappa shape index (κ3) is 2.61. The van der Waals surface area contributed by atoms with Gasteiger partial charge in [-0.15, -0.1) is 0 Å².